The molecule has 3 aromatic rings. The quantitative estimate of drug-likeness (QED) is 0.718. The van der Waals surface area contributed by atoms with Crippen molar-refractivity contribution in [2.24, 2.45) is 0 Å². The highest BCUT2D eigenvalue weighted by molar-refractivity contribution is 6.49. The van der Waals surface area contributed by atoms with Crippen molar-refractivity contribution in [3.8, 4) is 17.0 Å². The highest BCUT2D eigenvalue weighted by atomic mass is 28.3. The number of nitrogens with one attached hydrogen (secondary N) is 1. The molecule has 2 heterocycles. The Balaban J connectivity index is 2.11. The smallest absolute Gasteiger partial charge is 0.229 e. The van der Waals surface area contributed by atoms with Crippen LogP contribution < -0.4 is 10.2 Å². The van der Waals surface area contributed by atoms with Crippen LogP contribution >= 0.6 is 0 Å². The molecule has 0 aliphatic heterocycles. The zero-order valence-electron chi connectivity index (χ0n) is 11.3. The Kier molecular flexibility index (Phi) is 3.11. The molecule has 0 bridgehead atoms. The normalized spacial score (nSPS) is 11.2. The van der Waals surface area contributed by atoms with Gasteiger partial charge in [-0.3, -0.25) is 5.10 Å². The van der Waals surface area contributed by atoms with Crippen LogP contribution in [0, 0.1) is 0 Å². The predicted octanol–water partition coefficient (Wildman–Crippen LogP) is 1.96. The van der Waals surface area contributed by atoms with Crippen molar-refractivity contribution in [1.29, 1.82) is 0 Å². The van der Waals surface area contributed by atoms with Gasteiger partial charge in [-0.25, -0.2) is 9.97 Å². The number of hydrogen-bond acceptors (Lipinski definition) is 5. The number of nitrogens with two attached hydrogens (primary N) is 1. The van der Waals surface area contributed by atoms with Gasteiger partial charge in [0.25, 0.3) is 0 Å². The molecule has 102 valence electrons. The molecule has 6 nitrogen and oxygen atoms in total. The summed E-state index contributed by atoms with van der Waals surface area (Å²) in [6, 6.07) is 7.83. The lowest BCUT2D eigenvalue weighted by Crippen LogP contribution is -2.10. The Morgan fingerprint density at radius 3 is 2.90 bits per heavy atom. The molecule has 0 radical (unpaired) electrons. The molecule has 0 amide bonds. The van der Waals surface area contributed by atoms with Crippen molar-refractivity contribution in [3.05, 3.63) is 30.6 Å². The Hall–Kier alpha value is -2.41. The molecular formula is C13H15N5OSi. The van der Waals surface area contributed by atoms with Crippen molar-refractivity contribution in [3.63, 3.8) is 0 Å². The third-order valence-electron chi connectivity index (χ3n) is 2.87. The number of aromatic amines is 1. The second-order valence-corrected chi connectivity index (χ2v) is 7.08. The van der Waals surface area contributed by atoms with Crippen LogP contribution in [0.2, 0.25) is 13.1 Å². The molecule has 3 N–H and O–H groups in total. The SMILES string of the molecule is C[SiH](C)Oc1cccc(-c2n[nH]c3ncnc(N)c23)c1. The van der Waals surface area contributed by atoms with Gasteiger partial charge in [0, 0.05) is 5.56 Å². The molecule has 0 saturated carbocycles. The van der Waals surface area contributed by atoms with Crippen molar-refractivity contribution in [2.75, 3.05) is 5.73 Å². The summed E-state index contributed by atoms with van der Waals surface area (Å²) in [6.45, 7) is 4.25. The minimum absolute atomic E-state index is 0.420. The highest BCUT2D eigenvalue weighted by Gasteiger charge is 2.13. The number of fused-ring (bicyclic) bond motifs is 1. The number of nitrogens with zero attached hydrogens (tertiary/aromatic N) is 3. The van der Waals surface area contributed by atoms with E-state index in [-0.39, 0.29) is 0 Å². The van der Waals surface area contributed by atoms with Gasteiger partial charge in [-0.2, -0.15) is 5.10 Å². The van der Waals surface area contributed by atoms with E-state index in [1.54, 1.807) is 0 Å². The Morgan fingerprint density at radius 2 is 2.10 bits per heavy atom. The minimum atomic E-state index is -1.13. The van der Waals surface area contributed by atoms with Crippen molar-refractivity contribution < 1.29 is 4.43 Å². The number of anilines is 1. The summed E-state index contributed by atoms with van der Waals surface area (Å²) in [5, 5.41) is 7.91. The summed E-state index contributed by atoms with van der Waals surface area (Å²) in [7, 11) is -1.13. The minimum Gasteiger partial charge on any atom is -0.547 e. The summed E-state index contributed by atoms with van der Waals surface area (Å²) in [5.74, 6) is 1.28. The molecule has 2 aromatic heterocycles. The summed E-state index contributed by atoms with van der Waals surface area (Å²) >= 11 is 0. The number of benzene rings is 1. The van der Waals surface area contributed by atoms with E-state index >= 15 is 0 Å². The predicted molar refractivity (Wildman–Crippen MR) is 81.0 cm³/mol. The van der Waals surface area contributed by atoms with E-state index in [2.05, 4.69) is 33.3 Å². The average Bonchev–Trinajstić information content (AvgIpc) is 2.83. The van der Waals surface area contributed by atoms with Crippen LogP contribution in [0.15, 0.2) is 30.6 Å². The summed E-state index contributed by atoms with van der Waals surface area (Å²) in [6.07, 6.45) is 1.42. The summed E-state index contributed by atoms with van der Waals surface area (Å²) in [4.78, 5) is 8.14. The maximum atomic E-state index is 5.92. The van der Waals surface area contributed by atoms with E-state index < -0.39 is 9.04 Å². The van der Waals surface area contributed by atoms with Gasteiger partial charge >= 0.3 is 0 Å². The zero-order valence-corrected chi connectivity index (χ0v) is 12.4. The van der Waals surface area contributed by atoms with Crippen LogP contribution in [0.5, 0.6) is 5.75 Å². The fourth-order valence-electron chi connectivity index (χ4n) is 2.08. The number of rotatable bonds is 3. The van der Waals surface area contributed by atoms with Crippen LogP contribution in [0.25, 0.3) is 22.3 Å². The van der Waals surface area contributed by atoms with Gasteiger partial charge in [-0.05, 0) is 25.2 Å². The van der Waals surface area contributed by atoms with E-state index in [1.807, 2.05) is 24.3 Å². The first kappa shape index (κ1) is 12.6. The van der Waals surface area contributed by atoms with Gasteiger partial charge in [0.2, 0.25) is 9.04 Å². The molecule has 3 rings (SSSR count). The third kappa shape index (κ3) is 2.23. The molecule has 20 heavy (non-hydrogen) atoms. The highest BCUT2D eigenvalue weighted by Crippen LogP contribution is 2.30. The second-order valence-electron chi connectivity index (χ2n) is 4.75. The fourth-order valence-corrected chi connectivity index (χ4v) is 2.77. The Bertz CT molecular complexity index is 755. The van der Waals surface area contributed by atoms with Gasteiger partial charge < -0.3 is 10.2 Å². The first-order valence-corrected chi connectivity index (χ1v) is 9.15. The van der Waals surface area contributed by atoms with Gasteiger partial charge in [0.05, 0.1) is 5.39 Å². The largest absolute Gasteiger partial charge is 0.547 e. The second kappa shape index (κ2) is 4.93. The number of nitrogen functional groups attached to an aromatic ring is 1. The van der Waals surface area contributed by atoms with Crippen molar-refractivity contribution in [2.45, 2.75) is 13.1 Å². The number of H-pyrrole nitrogens is 1. The lowest BCUT2D eigenvalue weighted by Gasteiger charge is -2.10. The molecule has 0 saturated heterocycles. The van der Waals surface area contributed by atoms with Crippen molar-refractivity contribution >= 4 is 25.9 Å². The van der Waals surface area contributed by atoms with Crippen LogP contribution in [-0.2, 0) is 0 Å². The van der Waals surface area contributed by atoms with Gasteiger partial charge in [-0.15, -0.1) is 0 Å². The average molecular weight is 285 g/mol. The maximum absolute atomic E-state index is 5.92. The van der Waals surface area contributed by atoms with E-state index in [9.17, 15) is 0 Å². The van der Waals surface area contributed by atoms with Crippen molar-refractivity contribution in [1.82, 2.24) is 20.2 Å². The van der Waals surface area contributed by atoms with E-state index in [4.69, 9.17) is 10.2 Å². The van der Waals surface area contributed by atoms with E-state index in [1.165, 1.54) is 6.33 Å². The molecule has 0 atom stereocenters. The first-order valence-electron chi connectivity index (χ1n) is 6.37. The molecule has 0 aliphatic rings. The molecule has 0 aliphatic carbocycles. The topological polar surface area (TPSA) is 89.7 Å². The lowest BCUT2D eigenvalue weighted by atomic mass is 10.1. The third-order valence-corrected chi connectivity index (χ3v) is 3.61. The summed E-state index contributed by atoms with van der Waals surface area (Å²) < 4.78 is 5.83. The van der Waals surface area contributed by atoms with Crippen LogP contribution in [0.4, 0.5) is 5.82 Å². The van der Waals surface area contributed by atoms with Crippen LogP contribution in [0.3, 0.4) is 0 Å². The van der Waals surface area contributed by atoms with E-state index in [0.29, 0.717) is 11.5 Å². The molecule has 1 aromatic carbocycles. The van der Waals surface area contributed by atoms with Gasteiger partial charge in [0.1, 0.15) is 23.6 Å². The monoisotopic (exact) mass is 285 g/mol. The first-order chi connectivity index (χ1) is 9.65. The molecule has 7 heteroatoms. The molecule has 0 unspecified atom stereocenters. The van der Waals surface area contributed by atoms with Crippen LogP contribution in [0.1, 0.15) is 0 Å². The number of aromatic nitrogens is 4. The zero-order chi connectivity index (χ0) is 14.1. The maximum Gasteiger partial charge on any atom is 0.229 e. The van der Waals surface area contributed by atoms with Crippen LogP contribution in [-0.4, -0.2) is 29.2 Å². The summed E-state index contributed by atoms with van der Waals surface area (Å²) in [5.41, 5.74) is 8.24. The lowest BCUT2D eigenvalue weighted by molar-refractivity contribution is 0.581. The fraction of sp³-hybridized carbons (Fsp3) is 0.154. The van der Waals surface area contributed by atoms with E-state index in [0.717, 1.165) is 22.4 Å². The number of hydrogen-bond donors (Lipinski definition) is 2. The standard InChI is InChI=1S/C13H15N5OSi/c1-20(2)19-9-5-3-4-8(6-9)11-10-12(14)15-7-16-13(10)18-17-11/h3-7,20H,1-2H3,(H3,14,15,16,17,18). The molecule has 0 spiro atoms. The Labute approximate surface area is 117 Å². The molecule has 0 fully saturated rings. The molecular weight excluding hydrogens is 270 g/mol. The van der Waals surface area contributed by atoms with Gasteiger partial charge in [0.15, 0.2) is 5.65 Å². The van der Waals surface area contributed by atoms with Gasteiger partial charge in [-0.1, -0.05) is 12.1 Å². The Morgan fingerprint density at radius 1 is 1.25 bits per heavy atom.